The van der Waals surface area contributed by atoms with Gasteiger partial charge in [-0.05, 0) is 24.3 Å². The second-order valence-corrected chi connectivity index (χ2v) is 10.1. The second kappa shape index (κ2) is 7.42. The van der Waals surface area contributed by atoms with Gasteiger partial charge in [-0.3, -0.25) is 0 Å². The molecule has 4 heterocycles. The lowest BCUT2D eigenvalue weighted by atomic mass is 10.1. The molecule has 5 rings (SSSR count). The molecule has 3 aromatic heterocycles. The van der Waals surface area contributed by atoms with Gasteiger partial charge in [-0.1, -0.05) is 11.3 Å². The average molecular weight is 443 g/mol. The van der Waals surface area contributed by atoms with Crippen molar-refractivity contribution in [1.82, 2.24) is 25.1 Å². The van der Waals surface area contributed by atoms with Crippen LogP contribution in [0.4, 0.5) is 5.82 Å². The fourth-order valence-electron chi connectivity index (χ4n) is 3.36. The van der Waals surface area contributed by atoms with Crippen LogP contribution in [-0.4, -0.2) is 66.1 Å². The van der Waals surface area contributed by atoms with E-state index in [9.17, 15) is 8.42 Å². The molecule has 30 heavy (non-hydrogen) atoms. The van der Waals surface area contributed by atoms with Crippen molar-refractivity contribution in [3.05, 3.63) is 36.7 Å². The lowest BCUT2D eigenvalue weighted by Crippen LogP contribution is -2.36. The van der Waals surface area contributed by atoms with Crippen molar-refractivity contribution < 1.29 is 13.2 Å². The molecule has 4 aromatic rings. The molecule has 0 atom stereocenters. The fraction of sp³-hybridized carbons (Fsp3) is 0.263. The van der Waals surface area contributed by atoms with Crippen LogP contribution in [0.5, 0.6) is 0 Å². The van der Waals surface area contributed by atoms with Gasteiger partial charge >= 0.3 is 0 Å². The number of aromatic nitrogens is 5. The van der Waals surface area contributed by atoms with Crippen LogP contribution >= 0.6 is 11.3 Å². The van der Waals surface area contributed by atoms with Crippen molar-refractivity contribution in [3.63, 3.8) is 0 Å². The highest BCUT2D eigenvalue weighted by atomic mass is 32.2. The summed E-state index contributed by atoms with van der Waals surface area (Å²) in [5.74, 6) is 1.49. The summed E-state index contributed by atoms with van der Waals surface area (Å²) in [6.45, 7) is 2.97. The van der Waals surface area contributed by atoms with Crippen molar-refractivity contribution in [1.29, 1.82) is 0 Å². The van der Waals surface area contributed by atoms with E-state index in [-0.39, 0.29) is 4.34 Å². The van der Waals surface area contributed by atoms with E-state index >= 15 is 0 Å². The number of nitrogens with zero attached hydrogens (tertiary/aromatic N) is 5. The molecule has 1 aliphatic heterocycles. The number of H-pyrrole nitrogens is 1. The number of aromatic amines is 1. The molecule has 0 spiro atoms. The van der Waals surface area contributed by atoms with Gasteiger partial charge in [0.1, 0.15) is 10.8 Å². The monoisotopic (exact) mass is 442 g/mol. The molecular formula is C19H18N6O3S2. The van der Waals surface area contributed by atoms with Gasteiger partial charge in [-0.15, -0.1) is 10.2 Å². The molecule has 154 valence electrons. The molecule has 1 N–H and O–H groups in total. The van der Waals surface area contributed by atoms with Gasteiger partial charge in [0.2, 0.25) is 14.2 Å². The van der Waals surface area contributed by atoms with Gasteiger partial charge < -0.3 is 14.6 Å². The maximum Gasteiger partial charge on any atom is 0.232 e. The van der Waals surface area contributed by atoms with E-state index in [1.165, 1.54) is 0 Å². The first-order valence-corrected chi connectivity index (χ1v) is 12.0. The summed E-state index contributed by atoms with van der Waals surface area (Å²) in [6.07, 6.45) is 4.78. The number of nitrogens with one attached hydrogen (secondary N) is 1. The first-order valence-electron chi connectivity index (χ1n) is 9.30. The summed E-state index contributed by atoms with van der Waals surface area (Å²) in [6, 6.07) is 7.68. The summed E-state index contributed by atoms with van der Waals surface area (Å²) < 4.78 is 28.9. The van der Waals surface area contributed by atoms with Gasteiger partial charge in [0.15, 0.2) is 5.82 Å². The smallest absolute Gasteiger partial charge is 0.232 e. The Morgan fingerprint density at radius 1 is 1.17 bits per heavy atom. The molecule has 1 fully saturated rings. The van der Waals surface area contributed by atoms with Gasteiger partial charge in [0.05, 0.1) is 13.2 Å². The lowest BCUT2D eigenvalue weighted by Gasteiger charge is -2.27. The number of hydrogen-bond donors (Lipinski definition) is 1. The Bertz CT molecular complexity index is 1330. The van der Waals surface area contributed by atoms with E-state index in [4.69, 9.17) is 9.72 Å². The normalized spacial score (nSPS) is 15.0. The van der Waals surface area contributed by atoms with E-state index in [2.05, 4.69) is 25.1 Å². The van der Waals surface area contributed by atoms with Crippen molar-refractivity contribution in [2.24, 2.45) is 0 Å². The molecule has 1 aromatic carbocycles. The minimum absolute atomic E-state index is 0.00781. The Kier molecular flexibility index (Phi) is 4.72. The fourth-order valence-corrected chi connectivity index (χ4v) is 4.97. The summed E-state index contributed by atoms with van der Waals surface area (Å²) in [4.78, 5) is 14.7. The third kappa shape index (κ3) is 3.55. The number of benzene rings is 1. The van der Waals surface area contributed by atoms with Gasteiger partial charge in [0, 0.05) is 53.8 Å². The van der Waals surface area contributed by atoms with Crippen LogP contribution in [0.2, 0.25) is 0 Å². The Hall–Kier alpha value is -2.89. The predicted octanol–water partition coefficient (Wildman–Crippen LogP) is 2.38. The highest BCUT2D eigenvalue weighted by Gasteiger charge is 2.18. The summed E-state index contributed by atoms with van der Waals surface area (Å²) in [5.41, 5.74) is 2.59. The molecule has 0 saturated carbocycles. The summed E-state index contributed by atoms with van der Waals surface area (Å²) in [7, 11) is -3.38. The third-order valence-electron chi connectivity index (χ3n) is 4.87. The zero-order chi connectivity index (χ0) is 20.7. The van der Waals surface area contributed by atoms with Gasteiger partial charge in [-0.25, -0.2) is 18.4 Å². The van der Waals surface area contributed by atoms with Crippen molar-refractivity contribution in [2.75, 3.05) is 37.5 Å². The van der Waals surface area contributed by atoms with Crippen LogP contribution < -0.4 is 4.90 Å². The number of fused-ring (bicyclic) bond motifs is 1. The topological polar surface area (TPSA) is 114 Å². The van der Waals surface area contributed by atoms with Crippen molar-refractivity contribution in [3.8, 4) is 22.0 Å². The van der Waals surface area contributed by atoms with Crippen LogP contribution in [-0.2, 0) is 14.6 Å². The minimum Gasteiger partial charge on any atom is -0.378 e. The Morgan fingerprint density at radius 2 is 2.00 bits per heavy atom. The molecule has 0 radical (unpaired) electrons. The molecular weight excluding hydrogens is 424 g/mol. The predicted molar refractivity (Wildman–Crippen MR) is 114 cm³/mol. The molecule has 0 bridgehead atoms. The van der Waals surface area contributed by atoms with E-state index in [0.717, 1.165) is 58.5 Å². The third-order valence-corrected chi connectivity index (χ3v) is 7.51. The zero-order valence-electron chi connectivity index (χ0n) is 16.1. The number of rotatable bonds is 4. The van der Waals surface area contributed by atoms with Crippen molar-refractivity contribution >= 4 is 37.9 Å². The second-order valence-electron chi connectivity index (χ2n) is 6.95. The van der Waals surface area contributed by atoms with Gasteiger partial charge in [-0.2, -0.15) is 0 Å². The minimum atomic E-state index is -3.38. The Morgan fingerprint density at radius 3 is 2.77 bits per heavy atom. The number of anilines is 1. The number of ether oxygens (including phenoxy) is 1. The molecule has 0 aliphatic carbocycles. The largest absolute Gasteiger partial charge is 0.378 e. The quantitative estimate of drug-likeness (QED) is 0.512. The molecule has 1 saturated heterocycles. The maximum absolute atomic E-state index is 11.7. The highest BCUT2D eigenvalue weighted by Crippen LogP contribution is 2.33. The number of morpholine rings is 1. The van der Waals surface area contributed by atoms with E-state index in [0.29, 0.717) is 24.0 Å². The van der Waals surface area contributed by atoms with Crippen LogP contribution in [0.1, 0.15) is 0 Å². The molecule has 11 heteroatoms. The molecule has 1 aliphatic rings. The number of hydrogen-bond acceptors (Lipinski definition) is 9. The average Bonchev–Trinajstić information content (AvgIpc) is 3.41. The first kappa shape index (κ1) is 19.1. The van der Waals surface area contributed by atoms with Crippen LogP contribution in [0.15, 0.2) is 41.0 Å². The standard InChI is InChI=1S/C19H18N6O3S2/c1-30(26,27)19-24-23-18(29-19)12-2-3-15-13(10-12)14(11-21-15)17-20-5-4-16(22-17)25-6-8-28-9-7-25/h2-5,10-11,21H,6-9H2,1H3. The molecule has 9 nitrogen and oxygen atoms in total. The summed E-state index contributed by atoms with van der Waals surface area (Å²) >= 11 is 1.06. The van der Waals surface area contributed by atoms with E-state index in [1.807, 2.05) is 30.5 Å². The first-order chi connectivity index (χ1) is 14.5. The molecule has 0 amide bonds. The van der Waals surface area contributed by atoms with Crippen LogP contribution in [0, 0.1) is 0 Å². The Labute approximate surface area is 176 Å². The van der Waals surface area contributed by atoms with Crippen LogP contribution in [0.3, 0.4) is 0 Å². The zero-order valence-corrected chi connectivity index (χ0v) is 17.7. The highest BCUT2D eigenvalue weighted by molar-refractivity contribution is 7.92. The van der Waals surface area contributed by atoms with Crippen LogP contribution in [0.25, 0.3) is 32.9 Å². The summed E-state index contributed by atoms with van der Waals surface area (Å²) in [5, 5.41) is 9.34. The molecule has 0 unspecified atom stereocenters. The van der Waals surface area contributed by atoms with Gasteiger partial charge in [0.25, 0.3) is 0 Å². The Balaban J connectivity index is 1.55. The van der Waals surface area contributed by atoms with Crippen molar-refractivity contribution in [2.45, 2.75) is 4.34 Å². The SMILES string of the molecule is CS(=O)(=O)c1nnc(-c2ccc3[nH]cc(-c4nccc(N5CCOCC5)n4)c3c2)s1. The van der Waals surface area contributed by atoms with E-state index < -0.39 is 9.84 Å². The maximum atomic E-state index is 11.7. The number of sulfone groups is 1. The lowest BCUT2D eigenvalue weighted by molar-refractivity contribution is 0.122. The van der Waals surface area contributed by atoms with E-state index in [1.54, 1.807) is 6.20 Å².